The Hall–Kier alpha value is -2.98. The minimum Gasteiger partial charge on any atom is -0.388 e. The van der Waals surface area contributed by atoms with Gasteiger partial charge in [0.25, 0.3) is 5.91 Å². The minimum atomic E-state index is -0.894. The molecule has 2 aromatic carbocycles. The van der Waals surface area contributed by atoms with Gasteiger partial charge >= 0.3 is 0 Å². The van der Waals surface area contributed by atoms with Gasteiger partial charge in [-0.15, -0.1) is 0 Å². The molecule has 0 bridgehead atoms. The lowest BCUT2D eigenvalue weighted by atomic mass is 9.98. The Balaban J connectivity index is 1.55. The van der Waals surface area contributed by atoms with Crippen LogP contribution < -0.4 is 16.4 Å². The first-order valence-electron chi connectivity index (χ1n) is 10.7. The van der Waals surface area contributed by atoms with Crippen molar-refractivity contribution in [3.63, 3.8) is 0 Å². The van der Waals surface area contributed by atoms with Gasteiger partial charge in [0.1, 0.15) is 12.6 Å². The van der Waals surface area contributed by atoms with Crippen LogP contribution in [0.1, 0.15) is 39.9 Å². The second-order valence-corrected chi connectivity index (χ2v) is 7.81. The fourth-order valence-corrected chi connectivity index (χ4v) is 3.56. The summed E-state index contributed by atoms with van der Waals surface area (Å²) in [6.07, 6.45) is 3.59. The molecule has 0 radical (unpaired) electrons. The first-order valence-corrected chi connectivity index (χ1v) is 10.7. The number of benzene rings is 2. The first kappa shape index (κ1) is 22.7. The largest absolute Gasteiger partial charge is 0.388 e. The van der Waals surface area contributed by atoms with Crippen LogP contribution in [0, 0.1) is 17.8 Å². The highest BCUT2D eigenvalue weighted by molar-refractivity contribution is 5.98. The molecule has 1 aliphatic heterocycles. The normalized spacial score (nSPS) is 16.3. The molecular weight excluding hydrogens is 390 g/mol. The van der Waals surface area contributed by atoms with Crippen molar-refractivity contribution in [3.8, 4) is 11.8 Å². The van der Waals surface area contributed by atoms with Crippen molar-refractivity contribution in [3.05, 3.63) is 70.8 Å². The maximum atomic E-state index is 12.3. The molecule has 6 nitrogen and oxygen atoms in total. The average Bonchev–Trinajstić information content (AvgIpc) is 3.34. The van der Waals surface area contributed by atoms with E-state index in [-0.39, 0.29) is 6.54 Å². The molecule has 1 aliphatic rings. The zero-order valence-corrected chi connectivity index (χ0v) is 17.6. The van der Waals surface area contributed by atoms with Gasteiger partial charge in [-0.3, -0.25) is 9.59 Å². The van der Waals surface area contributed by atoms with Crippen LogP contribution in [0.2, 0.25) is 0 Å². The van der Waals surface area contributed by atoms with Gasteiger partial charge in [-0.1, -0.05) is 24.0 Å². The van der Waals surface area contributed by atoms with E-state index >= 15 is 0 Å². The molecule has 31 heavy (non-hydrogen) atoms. The second-order valence-electron chi connectivity index (χ2n) is 7.81. The highest BCUT2D eigenvalue weighted by Crippen LogP contribution is 2.16. The van der Waals surface area contributed by atoms with E-state index < -0.39 is 24.3 Å². The number of Topliss-reactive ketones (excluding diaryl/α,β-unsaturated/α-hetero) is 1. The molecule has 1 heterocycles. The minimum absolute atomic E-state index is 0.0642. The van der Waals surface area contributed by atoms with Crippen molar-refractivity contribution >= 4 is 11.7 Å². The van der Waals surface area contributed by atoms with Crippen LogP contribution in [-0.4, -0.2) is 49.1 Å². The van der Waals surface area contributed by atoms with Crippen LogP contribution >= 0.6 is 0 Å². The zero-order valence-electron chi connectivity index (χ0n) is 17.6. The van der Waals surface area contributed by atoms with Gasteiger partial charge in [0.05, 0.1) is 0 Å². The lowest BCUT2D eigenvalue weighted by molar-refractivity contribution is -0.123. The van der Waals surface area contributed by atoms with Gasteiger partial charge in [-0.2, -0.15) is 0 Å². The molecule has 1 saturated heterocycles. The number of nitrogens with one attached hydrogen (secondary N) is 2. The summed E-state index contributed by atoms with van der Waals surface area (Å²) < 4.78 is 0. The molecule has 0 aromatic heterocycles. The maximum absolute atomic E-state index is 12.3. The number of ketones is 1. The van der Waals surface area contributed by atoms with Crippen molar-refractivity contribution < 1.29 is 14.7 Å². The van der Waals surface area contributed by atoms with Crippen LogP contribution in [-0.2, 0) is 11.2 Å². The highest BCUT2D eigenvalue weighted by atomic mass is 16.3. The number of carbonyl (C=O) groups is 2. The third kappa shape index (κ3) is 6.76. The number of rotatable bonds is 8. The van der Waals surface area contributed by atoms with Crippen LogP contribution in [0.3, 0.4) is 0 Å². The monoisotopic (exact) mass is 419 g/mol. The summed E-state index contributed by atoms with van der Waals surface area (Å²) in [5.41, 5.74) is 8.95. The molecule has 2 atom stereocenters. The maximum Gasteiger partial charge on any atom is 0.251 e. The summed E-state index contributed by atoms with van der Waals surface area (Å²) in [6.45, 7) is 1.56. The van der Waals surface area contributed by atoms with E-state index in [1.807, 2.05) is 12.1 Å². The van der Waals surface area contributed by atoms with Crippen molar-refractivity contribution in [1.82, 2.24) is 10.6 Å². The number of aryl methyl sites for hydroxylation is 1. The molecule has 2 aromatic rings. The van der Waals surface area contributed by atoms with Gasteiger partial charge in [0.15, 0.2) is 5.78 Å². The lowest BCUT2D eigenvalue weighted by Gasteiger charge is -2.14. The van der Waals surface area contributed by atoms with E-state index in [2.05, 4.69) is 34.6 Å². The third-order valence-corrected chi connectivity index (χ3v) is 5.54. The highest BCUT2D eigenvalue weighted by Gasteiger charge is 2.18. The summed E-state index contributed by atoms with van der Waals surface area (Å²) >= 11 is 0. The fourth-order valence-electron chi connectivity index (χ4n) is 3.56. The predicted octanol–water partition coefficient (Wildman–Crippen LogP) is 1.25. The molecule has 0 saturated carbocycles. The van der Waals surface area contributed by atoms with Crippen molar-refractivity contribution in [2.24, 2.45) is 11.7 Å². The van der Waals surface area contributed by atoms with E-state index in [9.17, 15) is 9.59 Å². The Bertz CT molecular complexity index is 937. The Kier molecular flexibility index (Phi) is 8.36. The molecule has 1 unspecified atom stereocenters. The topological polar surface area (TPSA) is 104 Å². The molecule has 0 aliphatic carbocycles. The first-order chi connectivity index (χ1) is 15.1. The van der Waals surface area contributed by atoms with Crippen LogP contribution in [0.25, 0.3) is 0 Å². The molecule has 0 spiro atoms. The Morgan fingerprint density at radius 1 is 1.10 bits per heavy atom. The van der Waals surface area contributed by atoms with Gasteiger partial charge < -0.3 is 21.5 Å². The molecule has 162 valence electrons. The lowest BCUT2D eigenvalue weighted by Crippen LogP contribution is -2.46. The second kappa shape index (κ2) is 11.4. The number of aliphatic hydroxyl groups is 1. The average molecular weight is 420 g/mol. The molecule has 3 rings (SSSR count). The van der Waals surface area contributed by atoms with Gasteiger partial charge in [0.2, 0.25) is 0 Å². The standard InChI is InChI=1S/C25H29N3O3/c26-15-23(24(30)17-29)28-25(31)22-11-9-20(10-12-22)6-5-18-1-3-19(4-2-18)7-8-21-13-14-27-16-21/h1-4,9-12,21,23,27,29H,7-8,13-17,26H2,(H,28,31)/t21?,23-/m0/s1. The molecule has 1 fully saturated rings. The Labute approximate surface area is 183 Å². The summed E-state index contributed by atoms with van der Waals surface area (Å²) in [7, 11) is 0. The Morgan fingerprint density at radius 2 is 1.74 bits per heavy atom. The van der Waals surface area contributed by atoms with E-state index in [1.54, 1.807) is 24.3 Å². The van der Waals surface area contributed by atoms with E-state index in [4.69, 9.17) is 10.8 Å². The Morgan fingerprint density at radius 3 is 2.29 bits per heavy atom. The quantitative estimate of drug-likeness (QED) is 0.482. The summed E-state index contributed by atoms with van der Waals surface area (Å²) in [6, 6.07) is 14.3. The molecule has 5 N–H and O–H groups in total. The van der Waals surface area contributed by atoms with Crippen molar-refractivity contribution in [2.45, 2.75) is 25.3 Å². The number of nitrogens with two attached hydrogens (primary N) is 1. The molecule has 6 heteroatoms. The summed E-state index contributed by atoms with van der Waals surface area (Å²) in [5, 5.41) is 14.9. The summed E-state index contributed by atoms with van der Waals surface area (Å²) in [5.74, 6) is 6.12. The van der Waals surface area contributed by atoms with Gasteiger partial charge in [0, 0.05) is 23.2 Å². The van der Waals surface area contributed by atoms with E-state index in [1.165, 1.54) is 18.4 Å². The van der Waals surface area contributed by atoms with Crippen molar-refractivity contribution in [2.75, 3.05) is 26.2 Å². The van der Waals surface area contributed by atoms with Crippen molar-refractivity contribution in [1.29, 1.82) is 0 Å². The molecular formula is C25H29N3O3. The smallest absolute Gasteiger partial charge is 0.251 e. The number of hydrogen-bond acceptors (Lipinski definition) is 5. The predicted molar refractivity (Wildman–Crippen MR) is 121 cm³/mol. The molecule has 1 amide bonds. The van der Waals surface area contributed by atoms with Gasteiger partial charge in [-0.25, -0.2) is 0 Å². The number of aliphatic hydroxyl groups excluding tert-OH is 1. The van der Waals surface area contributed by atoms with Crippen LogP contribution in [0.4, 0.5) is 0 Å². The third-order valence-electron chi connectivity index (χ3n) is 5.54. The zero-order chi connectivity index (χ0) is 22.1. The van der Waals surface area contributed by atoms with Crippen LogP contribution in [0.15, 0.2) is 48.5 Å². The number of amides is 1. The van der Waals surface area contributed by atoms with Crippen LogP contribution in [0.5, 0.6) is 0 Å². The fraction of sp³-hybridized carbons (Fsp3) is 0.360. The summed E-state index contributed by atoms with van der Waals surface area (Å²) in [4.78, 5) is 23.8. The number of hydrogen-bond donors (Lipinski definition) is 4. The SMILES string of the molecule is NC[C@H](NC(=O)c1ccc(C#Cc2ccc(CCC3CCNC3)cc2)cc1)C(=O)CO. The van der Waals surface area contributed by atoms with E-state index in [0.717, 1.165) is 36.6 Å². The number of carbonyl (C=O) groups excluding carboxylic acids is 2. The van der Waals surface area contributed by atoms with Gasteiger partial charge in [-0.05, 0) is 80.2 Å². The van der Waals surface area contributed by atoms with E-state index in [0.29, 0.717) is 5.56 Å².